The van der Waals surface area contributed by atoms with E-state index in [-0.39, 0.29) is 28.6 Å². The molecular weight excluding hydrogens is 368 g/mol. The van der Waals surface area contributed by atoms with Crippen LogP contribution in [-0.4, -0.2) is 59.2 Å². The highest BCUT2D eigenvalue weighted by atomic mass is 16.2. The average molecular weight is 394 g/mol. The number of piperazine rings is 1. The first-order valence-corrected chi connectivity index (χ1v) is 9.65. The molecule has 1 aromatic carbocycles. The topological polar surface area (TPSA) is 82.6 Å². The van der Waals surface area contributed by atoms with Crippen molar-refractivity contribution in [2.45, 2.75) is 26.2 Å². The molecule has 2 aromatic rings. The Bertz CT molecular complexity index is 895. The smallest absolute Gasteiger partial charge is 0.274 e. The summed E-state index contributed by atoms with van der Waals surface area (Å²) in [5.41, 5.74) is 2.29. The molecule has 0 spiro atoms. The van der Waals surface area contributed by atoms with Crippen molar-refractivity contribution in [2.24, 2.45) is 0 Å². The van der Waals surface area contributed by atoms with Gasteiger partial charge in [0.05, 0.1) is 0 Å². The number of nitrogens with one attached hydrogen (secondary N) is 1. The molecule has 152 valence electrons. The number of carbonyl (C=O) groups excluding carboxylic acids is 3. The second-order valence-corrected chi connectivity index (χ2v) is 8.12. The molecule has 0 radical (unpaired) electrons. The van der Waals surface area contributed by atoms with Gasteiger partial charge in [-0.25, -0.2) is 4.98 Å². The minimum Gasteiger partial charge on any atom is -0.342 e. The third-order valence-electron chi connectivity index (χ3n) is 4.96. The third kappa shape index (κ3) is 4.99. The van der Waals surface area contributed by atoms with Gasteiger partial charge < -0.3 is 15.1 Å². The lowest BCUT2D eigenvalue weighted by Crippen LogP contribution is -2.48. The van der Waals surface area contributed by atoms with Gasteiger partial charge in [-0.2, -0.15) is 0 Å². The van der Waals surface area contributed by atoms with Crippen LogP contribution in [0.15, 0.2) is 42.5 Å². The van der Waals surface area contributed by atoms with Crippen molar-refractivity contribution in [3.63, 3.8) is 0 Å². The van der Waals surface area contributed by atoms with Crippen LogP contribution in [0, 0.1) is 0 Å². The van der Waals surface area contributed by atoms with E-state index in [0.29, 0.717) is 31.9 Å². The molecule has 1 fully saturated rings. The van der Waals surface area contributed by atoms with Gasteiger partial charge in [0.1, 0.15) is 11.4 Å². The van der Waals surface area contributed by atoms with Gasteiger partial charge in [0.2, 0.25) is 6.41 Å². The maximum atomic E-state index is 12.7. The van der Waals surface area contributed by atoms with E-state index in [1.54, 1.807) is 28.0 Å². The summed E-state index contributed by atoms with van der Waals surface area (Å²) in [6.45, 7) is 8.30. The van der Waals surface area contributed by atoms with Crippen molar-refractivity contribution < 1.29 is 14.4 Å². The number of hydrogen-bond donors (Lipinski definition) is 1. The largest absolute Gasteiger partial charge is 0.342 e. The molecule has 2 heterocycles. The molecule has 1 aromatic heterocycles. The fraction of sp³-hybridized carbons (Fsp3) is 0.364. The number of aromatic nitrogens is 1. The second-order valence-electron chi connectivity index (χ2n) is 8.12. The average Bonchev–Trinajstić information content (AvgIpc) is 2.73. The first kappa shape index (κ1) is 20.5. The van der Waals surface area contributed by atoms with Crippen LogP contribution in [0.4, 0.5) is 5.69 Å². The van der Waals surface area contributed by atoms with Crippen LogP contribution in [0.1, 0.15) is 47.3 Å². The van der Waals surface area contributed by atoms with Crippen molar-refractivity contribution in [3.05, 3.63) is 59.4 Å². The van der Waals surface area contributed by atoms with E-state index < -0.39 is 0 Å². The van der Waals surface area contributed by atoms with Gasteiger partial charge in [0.15, 0.2) is 0 Å². The summed E-state index contributed by atoms with van der Waals surface area (Å²) in [5.74, 6) is -0.603. The molecule has 0 aliphatic carbocycles. The van der Waals surface area contributed by atoms with Crippen molar-refractivity contribution >= 4 is 23.9 Å². The molecule has 1 saturated heterocycles. The predicted molar refractivity (Wildman–Crippen MR) is 111 cm³/mol. The molecule has 0 bridgehead atoms. The molecule has 1 N–H and O–H groups in total. The molecule has 0 unspecified atom stereocenters. The van der Waals surface area contributed by atoms with Crippen molar-refractivity contribution in [1.82, 2.24) is 14.8 Å². The number of benzene rings is 1. The van der Waals surface area contributed by atoms with Gasteiger partial charge in [0.25, 0.3) is 11.8 Å². The van der Waals surface area contributed by atoms with Crippen molar-refractivity contribution in [1.29, 1.82) is 0 Å². The molecule has 7 nitrogen and oxygen atoms in total. The molecule has 0 saturated carbocycles. The van der Waals surface area contributed by atoms with E-state index in [9.17, 15) is 14.4 Å². The zero-order chi connectivity index (χ0) is 21.0. The Balaban J connectivity index is 1.68. The minimum atomic E-state index is -0.367. The summed E-state index contributed by atoms with van der Waals surface area (Å²) in [7, 11) is 0. The number of carbonyl (C=O) groups is 3. The summed E-state index contributed by atoms with van der Waals surface area (Å²) in [5, 5.41) is 2.82. The Morgan fingerprint density at radius 2 is 1.59 bits per heavy atom. The number of hydrogen-bond acceptors (Lipinski definition) is 4. The van der Waals surface area contributed by atoms with Crippen molar-refractivity contribution in [2.75, 3.05) is 31.5 Å². The zero-order valence-electron chi connectivity index (χ0n) is 17.0. The summed E-state index contributed by atoms with van der Waals surface area (Å²) in [6.07, 6.45) is 0.791. The van der Waals surface area contributed by atoms with E-state index in [1.165, 1.54) is 5.56 Å². The lowest BCUT2D eigenvalue weighted by molar-refractivity contribution is -0.119. The van der Waals surface area contributed by atoms with Gasteiger partial charge in [-0.15, -0.1) is 0 Å². The van der Waals surface area contributed by atoms with Gasteiger partial charge in [-0.1, -0.05) is 39.0 Å². The molecule has 29 heavy (non-hydrogen) atoms. The number of pyridine rings is 1. The number of anilines is 1. The molecule has 1 aliphatic rings. The lowest BCUT2D eigenvalue weighted by Gasteiger charge is -2.32. The Hall–Kier alpha value is -3.22. The Morgan fingerprint density at radius 3 is 2.17 bits per heavy atom. The summed E-state index contributed by atoms with van der Waals surface area (Å²) >= 11 is 0. The van der Waals surface area contributed by atoms with Crippen LogP contribution < -0.4 is 5.32 Å². The molecule has 1 aliphatic heterocycles. The lowest BCUT2D eigenvalue weighted by atomic mass is 9.87. The molecular formula is C22H26N4O3. The van der Waals surface area contributed by atoms with Gasteiger partial charge in [0, 0.05) is 31.9 Å². The SMILES string of the molecule is CC(C)(C)c1ccc(NC(=O)c2cccc(C(=O)N3CCN(C=O)CC3)n2)cc1. The van der Waals surface area contributed by atoms with E-state index in [0.717, 1.165) is 6.41 Å². The summed E-state index contributed by atoms with van der Waals surface area (Å²) in [6, 6.07) is 12.5. The first-order valence-electron chi connectivity index (χ1n) is 9.65. The highest BCUT2D eigenvalue weighted by Crippen LogP contribution is 2.23. The van der Waals surface area contributed by atoms with Gasteiger partial charge in [-0.3, -0.25) is 14.4 Å². The Kier molecular flexibility index (Phi) is 5.96. The van der Waals surface area contributed by atoms with E-state index >= 15 is 0 Å². The minimum absolute atomic E-state index is 0.0377. The molecule has 0 atom stereocenters. The fourth-order valence-electron chi connectivity index (χ4n) is 3.12. The monoisotopic (exact) mass is 394 g/mol. The standard InChI is InChI=1S/C22H26N4O3/c1-22(2,3)16-7-9-17(10-8-16)23-20(28)18-5-4-6-19(24-18)21(29)26-13-11-25(15-27)12-14-26/h4-10,15H,11-14H2,1-3H3,(H,23,28). The highest BCUT2D eigenvalue weighted by Gasteiger charge is 2.23. The van der Waals surface area contributed by atoms with Crippen molar-refractivity contribution in [3.8, 4) is 0 Å². The normalized spacial score (nSPS) is 14.4. The number of nitrogens with zero attached hydrogens (tertiary/aromatic N) is 3. The number of amides is 3. The van der Waals surface area contributed by atoms with E-state index in [2.05, 4.69) is 31.1 Å². The maximum Gasteiger partial charge on any atom is 0.274 e. The van der Waals surface area contributed by atoms with Crippen LogP contribution >= 0.6 is 0 Å². The van der Waals surface area contributed by atoms with Gasteiger partial charge >= 0.3 is 0 Å². The molecule has 3 rings (SSSR count). The van der Waals surface area contributed by atoms with Crippen LogP contribution in [-0.2, 0) is 10.2 Å². The van der Waals surface area contributed by atoms with Gasteiger partial charge in [-0.05, 0) is 35.2 Å². The molecule has 3 amide bonds. The fourth-order valence-corrected chi connectivity index (χ4v) is 3.12. The van der Waals surface area contributed by atoms with E-state index in [1.807, 2.05) is 24.3 Å². The first-order chi connectivity index (χ1) is 13.8. The summed E-state index contributed by atoms with van der Waals surface area (Å²) in [4.78, 5) is 43.6. The second kappa shape index (κ2) is 8.43. The Morgan fingerprint density at radius 1 is 0.966 bits per heavy atom. The Labute approximate surface area is 170 Å². The van der Waals surface area contributed by atoms with Crippen LogP contribution in [0.25, 0.3) is 0 Å². The van der Waals surface area contributed by atoms with Crippen LogP contribution in [0.5, 0.6) is 0 Å². The van der Waals surface area contributed by atoms with Crippen LogP contribution in [0.2, 0.25) is 0 Å². The van der Waals surface area contributed by atoms with E-state index in [4.69, 9.17) is 0 Å². The maximum absolute atomic E-state index is 12.7. The third-order valence-corrected chi connectivity index (χ3v) is 4.96. The van der Waals surface area contributed by atoms with Crippen LogP contribution in [0.3, 0.4) is 0 Å². The highest BCUT2D eigenvalue weighted by molar-refractivity contribution is 6.03. The zero-order valence-corrected chi connectivity index (χ0v) is 17.0. The predicted octanol–water partition coefficient (Wildman–Crippen LogP) is 2.55. The molecule has 7 heteroatoms. The summed E-state index contributed by atoms with van der Waals surface area (Å²) < 4.78 is 0. The quantitative estimate of drug-likeness (QED) is 0.808. The number of rotatable bonds is 4.